The largest absolute Gasteiger partial charge is 0.465 e. The molecule has 0 fully saturated rings. The van der Waals surface area contributed by atoms with Crippen LogP contribution in [0, 0.1) is 6.92 Å². The molecule has 36 heavy (non-hydrogen) atoms. The second-order valence-corrected chi connectivity index (χ2v) is 11.0. The molecule has 0 aliphatic heterocycles. The summed E-state index contributed by atoms with van der Waals surface area (Å²) in [5.41, 5.74) is 1.64. The van der Waals surface area contributed by atoms with Crippen LogP contribution in [0.15, 0.2) is 71.6 Å². The Morgan fingerprint density at radius 3 is 2.36 bits per heavy atom. The highest BCUT2D eigenvalue weighted by atomic mass is 35.5. The van der Waals surface area contributed by atoms with Gasteiger partial charge in [-0.2, -0.15) is 9.30 Å². The van der Waals surface area contributed by atoms with Gasteiger partial charge in [0, 0.05) is 23.7 Å². The number of rotatable bonds is 10. The van der Waals surface area contributed by atoms with E-state index >= 15 is 0 Å². The molecule has 0 N–H and O–H groups in total. The van der Waals surface area contributed by atoms with E-state index in [0.29, 0.717) is 15.3 Å². The average Bonchev–Trinajstić information content (AvgIpc) is 3.18. The van der Waals surface area contributed by atoms with Gasteiger partial charge >= 0.3 is 5.97 Å². The summed E-state index contributed by atoms with van der Waals surface area (Å²) in [5, 5.41) is 0.523. The summed E-state index contributed by atoms with van der Waals surface area (Å²) in [6, 6.07) is 9.08. The number of benzene rings is 2. The molecule has 3 rings (SSSR count). The van der Waals surface area contributed by atoms with Gasteiger partial charge in [-0.05, 0) is 55.8 Å². The summed E-state index contributed by atoms with van der Waals surface area (Å²) in [7, 11) is -3.80. The van der Waals surface area contributed by atoms with Crippen molar-refractivity contribution in [2.75, 3.05) is 19.7 Å². The molecule has 8 nitrogen and oxygen atoms in total. The number of nitrogens with zero attached hydrogens (tertiary/aromatic N) is 3. The lowest BCUT2D eigenvalue weighted by molar-refractivity contribution is -0.143. The topological polar surface area (TPSA) is 98.0 Å². The van der Waals surface area contributed by atoms with E-state index in [2.05, 4.69) is 18.2 Å². The average molecular weight is 548 g/mol. The lowest BCUT2D eigenvalue weighted by Gasteiger charge is -2.19. The Labute approximate surface area is 218 Å². The number of hydrogen-bond acceptors (Lipinski definition) is 6. The lowest BCUT2D eigenvalue weighted by atomic mass is 10.2. The number of sulfonamides is 1. The number of esters is 1. The van der Waals surface area contributed by atoms with Crippen molar-refractivity contribution in [3.8, 4) is 0 Å². The van der Waals surface area contributed by atoms with E-state index in [1.165, 1.54) is 52.1 Å². The SMILES string of the molecule is C=CCN(CC=C)S(=O)(=O)c1ccc(C(=O)N=c2sc3ccc(Cl)c(C)c3n2CC(=O)OCC)cc1. The van der Waals surface area contributed by atoms with E-state index in [9.17, 15) is 18.0 Å². The van der Waals surface area contributed by atoms with Crippen molar-refractivity contribution in [2.45, 2.75) is 25.3 Å². The van der Waals surface area contributed by atoms with Gasteiger partial charge in [0.25, 0.3) is 5.91 Å². The third kappa shape index (κ3) is 5.84. The number of carbonyl (C=O) groups excluding carboxylic acids is 2. The molecule has 1 amide bonds. The van der Waals surface area contributed by atoms with Crippen LogP contribution in [0.1, 0.15) is 22.8 Å². The highest BCUT2D eigenvalue weighted by Crippen LogP contribution is 2.27. The van der Waals surface area contributed by atoms with Gasteiger partial charge in [-0.25, -0.2) is 8.42 Å². The molecular formula is C25H26ClN3O5S2. The Kier molecular flexibility index (Phi) is 9.02. The van der Waals surface area contributed by atoms with Crippen molar-refractivity contribution in [1.82, 2.24) is 8.87 Å². The Bertz CT molecular complexity index is 1480. The van der Waals surface area contributed by atoms with E-state index in [1.807, 2.05) is 6.92 Å². The fourth-order valence-electron chi connectivity index (χ4n) is 3.51. The van der Waals surface area contributed by atoms with Gasteiger partial charge in [-0.3, -0.25) is 9.59 Å². The maximum Gasteiger partial charge on any atom is 0.326 e. The number of carbonyl (C=O) groups is 2. The predicted molar refractivity (Wildman–Crippen MR) is 142 cm³/mol. The van der Waals surface area contributed by atoms with Crippen LogP contribution >= 0.6 is 22.9 Å². The Morgan fingerprint density at radius 2 is 1.78 bits per heavy atom. The number of halogens is 1. The monoisotopic (exact) mass is 547 g/mol. The van der Waals surface area contributed by atoms with Crippen LogP contribution in [0.5, 0.6) is 0 Å². The standard InChI is InChI=1S/C25H26ClN3O5S2/c1-5-14-28(15-6-2)36(32,33)19-10-8-18(9-11-19)24(31)27-25-29(16-22(30)34-7-3)23-17(4)20(26)12-13-21(23)35-25/h5-6,8-13H,1-2,7,14-16H2,3-4H3. The molecule has 3 aromatic rings. The normalized spacial score (nSPS) is 12.2. The molecule has 0 saturated heterocycles. The van der Waals surface area contributed by atoms with E-state index in [1.54, 1.807) is 23.6 Å². The molecule has 0 bridgehead atoms. The minimum Gasteiger partial charge on any atom is -0.465 e. The Hall–Kier alpha value is -3.05. The molecule has 0 atom stereocenters. The molecule has 190 valence electrons. The fraction of sp³-hybridized carbons (Fsp3) is 0.240. The summed E-state index contributed by atoms with van der Waals surface area (Å²) in [4.78, 5) is 29.8. The van der Waals surface area contributed by atoms with Crippen molar-refractivity contribution < 1.29 is 22.7 Å². The zero-order valence-electron chi connectivity index (χ0n) is 19.9. The van der Waals surface area contributed by atoms with E-state index < -0.39 is 21.9 Å². The number of amides is 1. The summed E-state index contributed by atoms with van der Waals surface area (Å²) in [6.45, 7) is 11.1. The van der Waals surface area contributed by atoms with E-state index in [4.69, 9.17) is 16.3 Å². The van der Waals surface area contributed by atoms with Gasteiger partial charge in [0.05, 0.1) is 21.7 Å². The third-order valence-corrected chi connectivity index (χ3v) is 8.52. The van der Waals surface area contributed by atoms with Gasteiger partial charge < -0.3 is 9.30 Å². The van der Waals surface area contributed by atoms with Gasteiger partial charge in [0.15, 0.2) is 4.80 Å². The first-order valence-corrected chi connectivity index (χ1v) is 13.6. The van der Waals surface area contributed by atoms with Crippen LogP contribution in [-0.4, -0.2) is 48.9 Å². The molecule has 0 aliphatic rings. The molecular weight excluding hydrogens is 522 g/mol. The molecule has 0 radical (unpaired) electrons. The number of aromatic nitrogens is 1. The van der Waals surface area contributed by atoms with Crippen LogP contribution in [0.25, 0.3) is 10.2 Å². The second kappa shape index (κ2) is 11.8. The molecule has 0 aliphatic carbocycles. The van der Waals surface area contributed by atoms with Crippen LogP contribution in [-0.2, 0) is 26.1 Å². The number of hydrogen-bond donors (Lipinski definition) is 0. The summed E-state index contributed by atoms with van der Waals surface area (Å²) < 4.78 is 34.5. The summed E-state index contributed by atoms with van der Waals surface area (Å²) in [5.74, 6) is -1.05. The Balaban J connectivity index is 2.02. The van der Waals surface area contributed by atoms with Gasteiger partial charge in [-0.1, -0.05) is 35.1 Å². The fourth-order valence-corrected chi connectivity index (χ4v) is 6.13. The first kappa shape index (κ1) is 27.5. The van der Waals surface area contributed by atoms with E-state index in [0.717, 1.165) is 10.3 Å². The highest BCUT2D eigenvalue weighted by Gasteiger charge is 2.23. The van der Waals surface area contributed by atoms with Crippen molar-refractivity contribution in [2.24, 2.45) is 4.99 Å². The molecule has 11 heteroatoms. The van der Waals surface area contributed by atoms with Crippen LogP contribution < -0.4 is 4.80 Å². The minimum atomic E-state index is -3.80. The maximum absolute atomic E-state index is 13.0. The molecule has 2 aromatic carbocycles. The smallest absolute Gasteiger partial charge is 0.326 e. The van der Waals surface area contributed by atoms with Gasteiger partial charge in [-0.15, -0.1) is 13.2 Å². The molecule has 1 heterocycles. The lowest BCUT2D eigenvalue weighted by Crippen LogP contribution is -2.31. The van der Waals surface area contributed by atoms with Gasteiger partial charge in [0.1, 0.15) is 6.54 Å². The maximum atomic E-state index is 13.0. The highest BCUT2D eigenvalue weighted by molar-refractivity contribution is 7.89. The minimum absolute atomic E-state index is 0.0345. The third-order valence-electron chi connectivity index (χ3n) is 5.22. The molecule has 1 aromatic heterocycles. The Morgan fingerprint density at radius 1 is 1.14 bits per heavy atom. The van der Waals surface area contributed by atoms with Crippen LogP contribution in [0.3, 0.4) is 0 Å². The molecule has 0 unspecified atom stereocenters. The number of ether oxygens (including phenoxy) is 1. The quantitative estimate of drug-likeness (QED) is 0.278. The first-order valence-electron chi connectivity index (χ1n) is 11.0. The van der Waals surface area contributed by atoms with Crippen molar-refractivity contribution >= 4 is 55.1 Å². The first-order chi connectivity index (χ1) is 17.1. The molecule has 0 spiro atoms. The number of thiazole rings is 1. The van der Waals surface area contributed by atoms with Crippen molar-refractivity contribution in [3.63, 3.8) is 0 Å². The molecule has 0 saturated carbocycles. The van der Waals surface area contributed by atoms with Crippen LogP contribution in [0.2, 0.25) is 5.02 Å². The number of fused-ring (bicyclic) bond motifs is 1. The number of aryl methyl sites for hydroxylation is 1. The zero-order valence-corrected chi connectivity index (χ0v) is 22.3. The summed E-state index contributed by atoms with van der Waals surface area (Å²) in [6.07, 6.45) is 2.98. The zero-order chi connectivity index (χ0) is 26.5. The summed E-state index contributed by atoms with van der Waals surface area (Å²) >= 11 is 7.54. The second-order valence-electron chi connectivity index (χ2n) is 7.64. The van der Waals surface area contributed by atoms with Crippen LogP contribution in [0.4, 0.5) is 0 Å². The van der Waals surface area contributed by atoms with Crippen molar-refractivity contribution in [3.05, 3.63) is 82.7 Å². The van der Waals surface area contributed by atoms with Gasteiger partial charge in [0.2, 0.25) is 10.0 Å². The van der Waals surface area contributed by atoms with Crippen molar-refractivity contribution in [1.29, 1.82) is 0 Å². The predicted octanol–water partition coefficient (Wildman–Crippen LogP) is 4.33. The van der Waals surface area contributed by atoms with E-state index in [-0.39, 0.29) is 36.7 Å².